The number of rotatable bonds is 9. The minimum absolute atomic E-state index is 0.00465. The molecule has 1 heterocycles. The molecule has 0 amide bonds. The molecule has 0 aliphatic carbocycles. The van der Waals surface area contributed by atoms with Crippen molar-refractivity contribution in [2.45, 2.75) is 12.8 Å². The van der Waals surface area contributed by atoms with Gasteiger partial charge in [0.15, 0.2) is 0 Å². The fourth-order valence-corrected chi connectivity index (χ4v) is 3.58. The molecular formula is C21H21N3O5S. The van der Waals surface area contributed by atoms with E-state index in [1.54, 1.807) is 18.2 Å². The van der Waals surface area contributed by atoms with Gasteiger partial charge in [0.05, 0.1) is 18.6 Å². The highest BCUT2D eigenvalue weighted by molar-refractivity contribution is 7.92. The van der Waals surface area contributed by atoms with Gasteiger partial charge in [-0.3, -0.25) is 9.52 Å². The summed E-state index contributed by atoms with van der Waals surface area (Å²) in [7, 11) is -2.51. The Kier molecular flexibility index (Phi) is 6.97. The Labute approximate surface area is 175 Å². The molecular weight excluding hydrogens is 406 g/mol. The van der Waals surface area contributed by atoms with Gasteiger partial charge in [-0.1, -0.05) is 48.5 Å². The topological polar surface area (TPSA) is 107 Å². The number of sulfonamides is 1. The Morgan fingerprint density at radius 1 is 1.00 bits per heavy atom. The van der Waals surface area contributed by atoms with Crippen molar-refractivity contribution in [3.63, 3.8) is 0 Å². The van der Waals surface area contributed by atoms with Gasteiger partial charge in [0.25, 0.3) is 0 Å². The molecule has 3 aromatic rings. The average Bonchev–Trinajstić information content (AvgIpc) is 2.74. The molecule has 1 N–H and O–H groups in total. The summed E-state index contributed by atoms with van der Waals surface area (Å²) in [6, 6.07) is 19.9. The van der Waals surface area contributed by atoms with E-state index in [4.69, 9.17) is 4.74 Å². The summed E-state index contributed by atoms with van der Waals surface area (Å²) in [5.74, 6) is -0.0913. The number of ether oxygens (including phenoxy) is 2. The molecule has 0 radical (unpaired) electrons. The molecule has 1 aromatic heterocycles. The predicted octanol–water partition coefficient (Wildman–Crippen LogP) is 3.63. The maximum absolute atomic E-state index is 12.4. The highest BCUT2D eigenvalue weighted by atomic mass is 32.2. The quantitative estimate of drug-likeness (QED) is 0.520. The van der Waals surface area contributed by atoms with Gasteiger partial charge in [-0.2, -0.15) is 4.98 Å². The van der Waals surface area contributed by atoms with Gasteiger partial charge < -0.3 is 9.47 Å². The third kappa shape index (κ3) is 6.28. The lowest BCUT2D eigenvalue weighted by molar-refractivity contribution is -0.140. The third-order valence-corrected chi connectivity index (χ3v) is 5.33. The maximum Gasteiger partial charge on any atom is 0.305 e. The number of anilines is 1. The average molecular weight is 427 g/mol. The molecule has 0 fully saturated rings. The van der Waals surface area contributed by atoms with Crippen LogP contribution in [0, 0.1) is 0 Å². The van der Waals surface area contributed by atoms with Gasteiger partial charge >= 0.3 is 5.97 Å². The molecule has 9 heteroatoms. The van der Waals surface area contributed by atoms with Crippen molar-refractivity contribution in [1.29, 1.82) is 0 Å². The molecule has 0 saturated heterocycles. The summed E-state index contributed by atoms with van der Waals surface area (Å²) < 4.78 is 37.5. The highest BCUT2D eigenvalue weighted by Crippen LogP contribution is 2.26. The molecule has 2 aromatic carbocycles. The number of hydrogen-bond acceptors (Lipinski definition) is 7. The number of carbonyl (C=O) groups is 1. The Balaban J connectivity index is 1.85. The number of aromatic nitrogens is 2. The van der Waals surface area contributed by atoms with E-state index in [9.17, 15) is 13.2 Å². The van der Waals surface area contributed by atoms with Gasteiger partial charge in [0.1, 0.15) is 5.75 Å². The molecule has 0 spiro atoms. The van der Waals surface area contributed by atoms with Crippen LogP contribution in [0.1, 0.15) is 12.8 Å². The summed E-state index contributed by atoms with van der Waals surface area (Å²) in [4.78, 5) is 19.7. The van der Waals surface area contributed by atoms with Gasteiger partial charge in [-0.25, -0.2) is 13.4 Å². The molecule has 0 saturated carbocycles. The van der Waals surface area contributed by atoms with Gasteiger partial charge in [0.2, 0.25) is 21.9 Å². The SMILES string of the molecule is COC(=O)CCCS(=O)(=O)Nc1nc(Oc2ccccc2)cc(-c2ccccc2)n1. The number of benzene rings is 2. The fourth-order valence-electron chi connectivity index (χ4n) is 2.59. The van der Waals surface area contributed by atoms with Crippen LogP contribution in [0.4, 0.5) is 5.95 Å². The number of nitrogens with zero attached hydrogens (tertiary/aromatic N) is 2. The number of esters is 1. The van der Waals surface area contributed by atoms with E-state index in [1.165, 1.54) is 7.11 Å². The third-order valence-electron chi connectivity index (χ3n) is 4.01. The second kappa shape index (κ2) is 9.84. The largest absolute Gasteiger partial charge is 0.469 e. The van der Waals surface area contributed by atoms with Crippen LogP contribution < -0.4 is 9.46 Å². The lowest BCUT2D eigenvalue weighted by atomic mass is 10.1. The Hall–Kier alpha value is -3.46. The van der Waals surface area contributed by atoms with Crippen molar-refractivity contribution in [3.8, 4) is 22.9 Å². The van der Waals surface area contributed by atoms with E-state index in [-0.39, 0.29) is 30.4 Å². The normalized spacial score (nSPS) is 11.0. The smallest absolute Gasteiger partial charge is 0.305 e. The van der Waals surface area contributed by atoms with Crippen molar-refractivity contribution in [2.24, 2.45) is 0 Å². The summed E-state index contributed by atoms with van der Waals surface area (Å²) in [6.45, 7) is 0. The molecule has 30 heavy (non-hydrogen) atoms. The molecule has 0 bridgehead atoms. The summed E-state index contributed by atoms with van der Waals surface area (Å²) >= 11 is 0. The second-order valence-corrected chi connectivity index (χ2v) is 8.14. The molecule has 0 aliphatic rings. The number of hydrogen-bond donors (Lipinski definition) is 1. The van der Waals surface area contributed by atoms with Gasteiger partial charge in [-0.05, 0) is 18.6 Å². The van der Waals surface area contributed by atoms with Crippen LogP contribution in [0.3, 0.4) is 0 Å². The number of carbonyl (C=O) groups excluding carboxylic acids is 1. The van der Waals surface area contributed by atoms with E-state index in [0.717, 1.165) is 5.56 Å². The summed E-state index contributed by atoms with van der Waals surface area (Å²) in [5.41, 5.74) is 1.28. The first kappa shape index (κ1) is 21.3. The monoisotopic (exact) mass is 427 g/mol. The standard InChI is InChI=1S/C21H21N3O5S/c1-28-20(25)13-8-14-30(26,27)24-21-22-18(16-9-4-2-5-10-16)15-19(23-21)29-17-11-6-3-7-12-17/h2-7,9-12,15H,8,13-14H2,1H3,(H,22,23,24). The first-order valence-corrected chi connectivity index (χ1v) is 10.8. The molecule has 3 rings (SSSR count). The number of methoxy groups -OCH3 is 1. The maximum atomic E-state index is 12.4. The minimum Gasteiger partial charge on any atom is -0.469 e. The van der Waals surface area contributed by atoms with Gasteiger partial charge in [0, 0.05) is 18.1 Å². The first-order valence-electron chi connectivity index (χ1n) is 9.20. The van der Waals surface area contributed by atoms with Crippen molar-refractivity contribution < 1.29 is 22.7 Å². The van der Waals surface area contributed by atoms with Crippen molar-refractivity contribution in [2.75, 3.05) is 17.6 Å². The lowest BCUT2D eigenvalue weighted by Crippen LogP contribution is -2.19. The molecule has 156 valence electrons. The number of para-hydroxylation sites is 1. The zero-order valence-corrected chi connectivity index (χ0v) is 17.1. The molecule has 0 aliphatic heterocycles. The summed E-state index contributed by atoms with van der Waals surface area (Å²) in [6.07, 6.45) is 0.123. The molecule has 0 unspecified atom stereocenters. The van der Waals surface area contributed by atoms with Crippen molar-refractivity contribution in [1.82, 2.24) is 9.97 Å². The lowest BCUT2D eigenvalue weighted by Gasteiger charge is -2.11. The highest BCUT2D eigenvalue weighted by Gasteiger charge is 2.16. The molecule has 8 nitrogen and oxygen atoms in total. The van der Waals surface area contributed by atoms with Crippen LogP contribution in [0.5, 0.6) is 11.6 Å². The van der Waals surface area contributed by atoms with Gasteiger partial charge in [-0.15, -0.1) is 0 Å². The van der Waals surface area contributed by atoms with E-state index in [0.29, 0.717) is 11.4 Å². The van der Waals surface area contributed by atoms with E-state index < -0.39 is 16.0 Å². The van der Waals surface area contributed by atoms with Crippen LogP contribution in [-0.4, -0.2) is 37.2 Å². The Bertz CT molecular complexity index is 1090. The Morgan fingerprint density at radius 3 is 2.33 bits per heavy atom. The second-order valence-electron chi connectivity index (χ2n) is 6.30. The van der Waals surface area contributed by atoms with Crippen LogP contribution in [0.2, 0.25) is 0 Å². The van der Waals surface area contributed by atoms with E-state index in [1.807, 2.05) is 48.5 Å². The van der Waals surface area contributed by atoms with Crippen LogP contribution >= 0.6 is 0 Å². The van der Waals surface area contributed by atoms with Crippen molar-refractivity contribution in [3.05, 3.63) is 66.7 Å². The Morgan fingerprint density at radius 2 is 1.67 bits per heavy atom. The van der Waals surface area contributed by atoms with Crippen molar-refractivity contribution >= 4 is 21.9 Å². The predicted molar refractivity (Wildman–Crippen MR) is 113 cm³/mol. The van der Waals surface area contributed by atoms with E-state index in [2.05, 4.69) is 19.4 Å². The van der Waals surface area contributed by atoms with E-state index >= 15 is 0 Å². The molecule has 0 atom stereocenters. The van der Waals surface area contributed by atoms with Crippen LogP contribution in [-0.2, 0) is 19.6 Å². The fraction of sp³-hybridized carbons (Fsp3) is 0.190. The zero-order chi connectivity index (χ0) is 21.4. The zero-order valence-electron chi connectivity index (χ0n) is 16.3. The van der Waals surface area contributed by atoms with Crippen LogP contribution in [0.15, 0.2) is 66.7 Å². The summed E-state index contributed by atoms with van der Waals surface area (Å²) in [5, 5.41) is 0. The first-order chi connectivity index (χ1) is 14.4. The minimum atomic E-state index is -3.77. The number of nitrogens with one attached hydrogen (secondary N) is 1. The van der Waals surface area contributed by atoms with Crippen LogP contribution in [0.25, 0.3) is 11.3 Å².